The molecule has 4 aromatic carbocycles. The number of nitrogens with zero attached hydrogens (tertiary/aromatic N) is 7. The quantitative estimate of drug-likeness (QED) is 0.140. The first kappa shape index (κ1) is 49.8. The van der Waals surface area contributed by atoms with Crippen molar-refractivity contribution in [1.29, 1.82) is 0 Å². The van der Waals surface area contributed by atoms with E-state index < -0.39 is 0 Å². The van der Waals surface area contributed by atoms with Crippen molar-refractivity contribution in [1.82, 2.24) is 30.2 Å². The lowest BCUT2D eigenvalue weighted by molar-refractivity contribution is 0.0881. The van der Waals surface area contributed by atoms with Crippen molar-refractivity contribution < 1.29 is 14.3 Å². The van der Waals surface area contributed by atoms with E-state index in [-0.39, 0.29) is 0 Å². The van der Waals surface area contributed by atoms with Gasteiger partial charge in [-0.1, -0.05) is 77.9 Å². The molecule has 6 aromatic rings. The van der Waals surface area contributed by atoms with Gasteiger partial charge in [-0.15, -0.1) is 0 Å². The van der Waals surface area contributed by atoms with Gasteiger partial charge in [0.15, 0.2) is 0 Å². The van der Waals surface area contributed by atoms with Crippen molar-refractivity contribution in [3.05, 3.63) is 121 Å². The Kier molecular flexibility index (Phi) is 16.8. The molecule has 0 unspecified atom stereocenters. The highest BCUT2D eigenvalue weighted by Gasteiger charge is 2.32. The second-order valence-corrected chi connectivity index (χ2v) is 21.8. The summed E-state index contributed by atoms with van der Waals surface area (Å²) >= 11 is 0. The van der Waals surface area contributed by atoms with Crippen molar-refractivity contribution in [3.63, 3.8) is 0 Å². The van der Waals surface area contributed by atoms with Crippen LogP contribution in [0, 0.1) is 22.7 Å². The Morgan fingerprint density at radius 3 is 1.49 bits per heavy atom. The molecule has 2 aromatic heterocycles. The number of aromatic nitrogens is 4. The van der Waals surface area contributed by atoms with Crippen LogP contribution in [0.4, 0.5) is 11.6 Å². The Labute approximate surface area is 411 Å². The standard InChI is InChI=1S/C29H38N4O.C21H26O2.C8H12N4/c1-29(2,3)25-7-10-26(11-8-25)34-27-9-6-23-18-22(4-5-24(23)19-27)21-32-14-16-33(17-15-32)28-20-30-12-13-31-28;1-21(2,3)18-7-10-19(11-8-18)23-20-9-6-16-12-15(14-22)4-5-17(16)13-20;1-2-11-8(7-10-1)12-5-3-9-4-6-12/h4-6,9,12-13,18-20,25-26H,7-8,10-11,14-17,21H2,1-3H3;4-6,9,12-14,18-19H,7-8,10-11H2,1-3H3;1-2,7,9H,3-6H2. The third-order valence-corrected chi connectivity index (χ3v) is 14.9. The number of piperazine rings is 2. The molecule has 2 aliphatic heterocycles. The Balaban J connectivity index is 0.000000157. The van der Waals surface area contributed by atoms with E-state index in [1.807, 2.05) is 42.7 Å². The number of anilines is 2. The van der Waals surface area contributed by atoms with Crippen LogP contribution in [-0.4, -0.2) is 95.7 Å². The summed E-state index contributed by atoms with van der Waals surface area (Å²) in [5, 5.41) is 8.05. The zero-order valence-corrected chi connectivity index (χ0v) is 42.2. The maximum atomic E-state index is 10.9. The predicted molar refractivity (Wildman–Crippen MR) is 282 cm³/mol. The highest BCUT2D eigenvalue weighted by molar-refractivity contribution is 5.89. The molecule has 69 heavy (non-hydrogen) atoms. The van der Waals surface area contributed by atoms with Gasteiger partial charge < -0.3 is 24.6 Å². The smallest absolute Gasteiger partial charge is 0.150 e. The molecule has 0 bridgehead atoms. The molecule has 2 saturated heterocycles. The van der Waals surface area contributed by atoms with Crippen molar-refractivity contribution >= 4 is 39.5 Å². The molecular formula is C58H76N8O3. The summed E-state index contributed by atoms with van der Waals surface area (Å²) in [5.74, 6) is 5.54. The molecule has 11 nitrogen and oxygen atoms in total. The SMILES string of the molecule is CC(C)(C)C1CCC(Oc2ccc3cc(C=O)ccc3c2)CC1.CC(C)(C)C1CCC(Oc2ccc3cc(CN4CCN(c5cnccn5)CC4)ccc3c2)CC1.c1cnc(N2CCNCC2)cn1. The molecule has 4 heterocycles. The Bertz CT molecular complexity index is 2510. The minimum absolute atomic E-state index is 0.334. The van der Waals surface area contributed by atoms with Crippen LogP contribution in [0.25, 0.3) is 21.5 Å². The number of ether oxygens (including phenoxy) is 2. The number of hydrogen-bond acceptors (Lipinski definition) is 11. The van der Waals surface area contributed by atoms with Crippen molar-refractivity contribution in [2.75, 3.05) is 62.2 Å². The van der Waals surface area contributed by atoms with E-state index in [4.69, 9.17) is 9.47 Å². The fraction of sp³-hybridized carbons (Fsp3) is 0.500. The van der Waals surface area contributed by atoms with Crippen LogP contribution in [-0.2, 0) is 6.54 Å². The first-order valence-corrected chi connectivity index (χ1v) is 25.7. The monoisotopic (exact) mass is 933 g/mol. The second-order valence-electron chi connectivity index (χ2n) is 21.8. The molecule has 11 heteroatoms. The summed E-state index contributed by atoms with van der Waals surface area (Å²) in [6, 6.07) is 25.4. The van der Waals surface area contributed by atoms with Crippen LogP contribution < -0.4 is 24.6 Å². The van der Waals surface area contributed by atoms with Crippen LogP contribution >= 0.6 is 0 Å². The minimum Gasteiger partial charge on any atom is -0.490 e. The topological polar surface area (TPSA) is 109 Å². The van der Waals surface area contributed by atoms with E-state index in [1.54, 1.807) is 24.8 Å². The molecule has 4 aliphatic rings. The lowest BCUT2D eigenvalue weighted by Gasteiger charge is -2.37. The van der Waals surface area contributed by atoms with Crippen LogP contribution in [0.2, 0.25) is 0 Å². The van der Waals surface area contributed by atoms with Gasteiger partial charge in [0.1, 0.15) is 29.4 Å². The maximum absolute atomic E-state index is 10.9. The Morgan fingerprint density at radius 2 is 1.01 bits per heavy atom. The van der Waals surface area contributed by atoms with Crippen LogP contribution in [0.15, 0.2) is 110 Å². The van der Waals surface area contributed by atoms with E-state index in [1.165, 1.54) is 54.9 Å². The lowest BCUT2D eigenvalue weighted by atomic mass is 9.72. The molecule has 0 atom stereocenters. The number of carbonyl (C=O) groups excluding carboxylic acids is 1. The second kappa shape index (κ2) is 23.3. The highest BCUT2D eigenvalue weighted by Crippen LogP contribution is 2.40. The third-order valence-electron chi connectivity index (χ3n) is 14.9. The van der Waals surface area contributed by atoms with Crippen LogP contribution in [0.1, 0.15) is 109 Å². The van der Waals surface area contributed by atoms with Gasteiger partial charge in [-0.25, -0.2) is 9.97 Å². The fourth-order valence-corrected chi connectivity index (χ4v) is 10.5. The zero-order chi connectivity index (χ0) is 48.2. The number of benzene rings is 4. The molecule has 0 spiro atoms. The van der Waals surface area contributed by atoms with Gasteiger partial charge in [-0.2, -0.15) is 0 Å². The number of nitrogens with one attached hydrogen (secondary N) is 1. The summed E-state index contributed by atoms with van der Waals surface area (Å²) in [7, 11) is 0. The molecule has 4 fully saturated rings. The summed E-state index contributed by atoms with van der Waals surface area (Å²) in [4.78, 5) is 34.8. The Morgan fingerprint density at radius 1 is 0.551 bits per heavy atom. The molecule has 0 amide bonds. The molecule has 2 aliphatic carbocycles. The van der Waals surface area contributed by atoms with E-state index in [9.17, 15) is 4.79 Å². The first-order valence-electron chi connectivity index (χ1n) is 25.7. The van der Waals surface area contributed by atoms with E-state index >= 15 is 0 Å². The van der Waals surface area contributed by atoms with Crippen LogP contribution in [0.5, 0.6) is 11.5 Å². The summed E-state index contributed by atoms with van der Waals surface area (Å²) in [6.07, 6.45) is 21.9. The average Bonchev–Trinajstić information content (AvgIpc) is 3.37. The summed E-state index contributed by atoms with van der Waals surface area (Å²) < 4.78 is 12.6. The lowest BCUT2D eigenvalue weighted by Crippen LogP contribution is -2.46. The number of carbonyl (C=O) groups is 1. The molecule has 1 N–H and O–H groups in total. The van der Waals surface area contributed by atoms with E-state index in [0.29, 0.717) is 28.6 Å². The molecule has 2 saturated carbocycles. The molecular weight excluding hydrogens is 857 g/mol. The van der Waals surface area contributed by atoms with Crippen molar-refractivity contribution in [2.45, 2.75) is 112 Å². The van der Waals surface area contributed by atoms with E-state index in [0.717, 1.165) is 124 Å². The highest BCUT2D eigenvalue weighted by atomic mass is 16.5. The summed E-state index contributed by atoms with van der Waals surface area (Å²) in [5.41, 5.74) is 2.90. The first-order chi connectivity index (χ1) is 33.4. The average molecular weight is 933 g/mol. The molecule has 0 radical (unpaired) electrons. The van der Waals surface area contributed by atoms with Gasteiger partial charge in [0.2, 0.25) is 0 Å². The van der Waals surface area contributed by atoms with Crippen LogP contribution in [0.3, 0.4) is 0 Å². The molecule has 366 valence electrons. The van der Waals surface area contributed by atoms with Gasteiger partial charge in [-0.05, 0) is 138 Å². The Hall–Kier alpha value is -5.65. The van der Waals surface area contributed by atoms with E-state index in [2.05, 4.69) is 124 Å². The predicted octanol–water partition coefficient (Wildman–Crippen LogP) is 11.5. The zero-order valence-electron chi connectivity index (χ0n) is 42.2. The van der Waals surface area contributed by atoms with Gasteiger partial charge in [0.05, 0.1) is 24.6 Å². The van der Waals surface area contributed by atoms with Gasteiger partial charge >= 0.3 is 0 Å². The number of hydrogen-bond donors (Lipinski definition) is 1. The number of fused-ring (bicyclic) bond motifs is 2. The normalized spacial score (nSPS) is 21.4. The maximum Gasteiger partial charge on any atom is 0.150 e. The largest absolute Gasteiger partial charge is 0.490 e. The van der Waals surface area contributed by atoms with Gasteiger partial charge in [-0.3, -0.25) is 19.7 Å². The number of aldehydes is 1. The minimum atomic E-state index is 0.334. The fourth-order valence-electron chi connectivity index (χ4n) is 10.5. The molecule has 10 rings (SSSR count). The van der Waals surface area contributed by atoms with Gasteiger partial charge in [0, 0.05) is 89.3 Å². The van der Waals surface area contributed by atoms with Gasteiger partial charge in [0.25, 0.3) is 0 Å². The van der Waals surface area contributed by atoms with Crippen molar-refractivity contribution in [3.8, 4) is 11.5 Å². The summed E-state index contributed by atoms with van der Waals surface area (Å²) in [6.45, 7) is 23.3. The third kappa shape index (κ3) is 14.2. The number of rotatable bonds is 9. The van der Waals surface area contributed by atoms with Crippen molar-refractivity contribution in [2.24, 2.45) is 22.7 Å².